The number of aryl methyl sites for hydroxylation is 1. The minimum atomic E-state index is -0.545. The number of pyridine rings is 1. The van der Waals surface area contributed by atoms with Crippen LogP contribution in [-0.4, -0.2) is 4.98 Å². The van der Waals surface area contributed by atoms with Crippen LogP contribution in [0.3, 0.4) is 0 Å². The molecule has 0 fully saturated rings. The van der Waals surface area contributed by atoms with Crippen LogP contribution in [0, 0.1) is 5.82 Å². The van der Waals surface area contributed by atoms with Crippen LogP contribution >= 0.6 is 27.5 Å². The molecule has 0 amide bonds. The first-order valence-corrected chi connectivity index (χ1v) is 7.30. The van der Waals surface area contributed by atoms with Gasteiger partial charge in [0.05, 0.1) is 16.8 Å². The molecule has 0 aliphatic rings. The van der Waals surface area contributed by atoms with E-state index in [-0.39, 0.29) is 5.02 Å². The Kier molecular flexibility index (Phi) is 5.10. The van der Waals surface area contributed by atoms with Crippen molar-refractivity contribution in [1.29, 1.82) is 0 Å². The van der Waals surface area contributed by atoms with E-state index < -0.39 is 11.9 Å². The van der Waals surface area contributed by atoms with Gasteiger partial charge in [-0.3, -0.25) is 10.8 Å². The third-order valence-electron chi connectivity index (χ3n) is 3.12. The maximum Gasteiger partial charge on any atom is 0.148 e. The molecule has 20 heavy (non-hydrogen) atoms. The number of hydrogen-bond acceptors (Lipinski definition) is 3. The lowest BCUT2D eigenvalue weighted by atomic mass is 9.98. The summed E-state index contributed by atoms with van der Waals surface area (Å²) in [5.41, 5.74) is 4.70. The first-order chi connectivity index (χ1) is 9.60. The van der Waals surface area contributed by atoms with E-state index in [0.29, 0.717) is 15.7 Å². The molecule has 2 aromatic rings. The maximum absolute atomic E-state index is 14.3. The molecule has 1 aromatic carbocycles. The highest BCUT2D eigenvalue weighted by Crippen LogP contribution is 2.33. The van der Waals surface area contributed by atoms with Gasteiger partial charge in [-0.15, -0.1) is 0 Å². The number of aromatic nitrogens is 1. The lowest BCUT2D eigenvalue weighted by Crippen LogP contribution is -2.31. The molecular weight excluding hydrogens is 345 g/mol. The van der Waals surface area contributed by atoms with Gasteiger partial charge in [-0.2, -0.15) is 0 Å². The summed E-state index contributed by atoms with van der Waals surface area (Å²) >= 11 is 9.13. The van der Waals surface area contributed by atoms with Crippen molar-refractivity contribution in [2.45, 2.75) is 19.4 Å². The Morgan fingerprint density at radius 1 is 1.45 bits per heavy atom. The van der Waals surface area contributed by atoms with Crippen molar-refractivity contribution in [2.24, 2.45) is 5.84 Å². The monoisotopic (exact) mass is 357 g/mol. The van der Waals surface area contributed by atoms with Gasteiger partial charge in [-0.25, -0.2) is 9.82 Å². The summed E-state index contributed by atoms with van der Waals surface area (Å²) in [4.78, 5) is 4.33. The first-order valence-electron chi connectivity index (χ1n) is 6.13. The SMILES string of the molecule is CCc1cccnc1C(NN)c1ccc(Br)c(Cl)c1F. The van der Waals surface area contributed by atoms with E-state index in [9.17, 15) is 4.39 Å². The van der Waals surface area contributed by atoms with Gasteiger partial charge in [-0.1, -0.05) is 30.7 Å². The van der Waals surface area contributed by atoms with Gasteiger partial charge in [0.25, 0.3) is 0 Å². The van der Waals surface area contributed by atoms with Crippen LogP contribution < -0.4 is 11.3 Å². The van der Waals surface area contributed by atoms with E-state index in [2.05, 4.69) is 26.3 Å². The number of nitrogens with one attached hydrogen (secondary N) is 1. The van der Waals surface area contributed by atoms with Crippen molar-refractivity contribution in [3.05, 3.63) is 62.6 Å². The van der Waals surface area contributed by atoms with Crippen LogP contribution in [0.15, 0.2) is 34.9 Å². The standard InChI is InChI=1S/C14H14BrClFN3/c1-2-8-4-3-7-19-13(8)14(20-18)9-5-6-10(15)11(16)12(9)17/h3-7,14,20H,2,18H2,1H3. The fraction of sp³-hybridized carbons (Fsp3) is 0.214. The molecule has 0 bridgehead atoms. The summed E-state index contributed by atoms with van der Waals surface area (Å²) in [6, 6.07) is 6.59. The summed E-state index contributed by atoms with van der Waals surface area (Å²) in [6.45, 7) is 2.01. The summed E-state index contributed by atoms with van der Waals surface area (Å²) < 4.78 is 14.8. The predicted molar refractivity (Wildman–Crippen MR) is 81.9 cm³/mol. The number of benzene rings is 1. The Morgan fingerprint density at radius 2 is 2.20 bits per heavy atom. The molecule has 1 atom stereocenters. The summed E-state index contributed by atoms with van der Waals surface area (Å²) in [6.07, 6.45) is 2.45. The second-order valence-corrected chi connectivity index (χ2v) is 5.50. The van der Waals surface area contributed by atoms with Crippen LogP contribution in [0.1, 0.15) is 29.8 Å². The zero-order chi connectivity index (χ0) is 14.7. The number of nitrogens with two attached hydrogens (primary N) is 1. The summed E-state index contributed by atoms with van der Waals surface area (Å²) in [5.74, 6) is 5.10. The highest BCUT2D eigenvalue weighted by atomic mass is 79.9. The lowest BCUT2D eigenvalue weighted by Gasteiger charge is -2.20. The number of halogens is 3. The number of nitrogens with zero attached hydrogens (tertiary/aromatic N) is 1. The molecule has 0 spiro atoms. The van der Waals surface area contributed by atoms with E-state index in [4.69, 9.17) is 17.4 Å². The number of hydrogen-bond donors (Lipinski definition) is 2. The largest absolute Gasteiger partial charge is 0.271 e. The van der Waals surface area contributed by atoms with Crippen LogP contribution in [0.4, 0.5) is 4.39 Å². The normalized spacial score (nSPS) is 12.4. The zero-order valence-corrected chi connectivity index (χ0v) is 13.2. The number of rotatable bonds is 4. The van der Waals surface area contributed by atoms with Crippen LogP contribution in [0.25, 0.3) is 0 Å². The quantitative estimate of drug-likeness (QED) is 0.497. The topological polar surface area (TPSA) is 50.9 Å². The molecule has 0 radical (unpaired) electrons. The molecule has 6 heteroatoms. The molecule has 1 heterocycles. The fourth-order valence-corrected chi connectivity index (χ4v) is 2.57. The highest BCUT2D eigenvalue weighted by molar-refractivity contribution is 9.10. The minimum Gasteiger partial charge on any atom is -0.271 e. The Balaban J connectivity index is 2.56. The third-order valence-corrected chi connectivity index (χ3v) is 4.38. The van der Waals surface area contributed by atoms with Crippen molar-refractivity contribution in [3.63, 3.8) is 0 Å². The van der Waals surface area contributed by atoms with Crippen LogP contribution in [-0.2, 0) is 6.42 Å². The van der Waals surface area contributed by atoms with Gasteiger partial charge in [0, 0.05) is 16.2 Å². The average molecular weight is 359 g/mol. The molecule has 1 aromatic heterocycles. The maximum atomic E-state index is 14.3. The fourth-order valence-electron chi connectivity index (χ4n) is 2.09. The van der Waals surface area contributed by atoms with Crippen molar-refractivity contribution in [1.82, 2.24) is 10.4 Å². The second-order valence-electron chi connectivity index (χ2n) is 4.27. The Bertz CT molecular complexity index is 621. The summed E-state index contributed by atoms with van der Waals surface area (Å²) in [7, 11) is 0. The average Bonchev–Trinajstić information content (AvgIpc) is 2.48. The molecule has 3 N–H and O–H groups in total. The zero-order valence-electron chi connectivity index (χ0n) is 10.8. The predicted octanol–water partition coefficient (Wildman–Crippen LogP) is 3.75. The second kappa shape index (κ2) is 6.63. The van der Waals surface area contributed by atoms with E-state index >= 15 is 0 Å². The molecule has 1 unspecified atom stereocenters. The van der Waals surface area contributed by atoms with Crippen molar-refractivity contribution >= 4 is 27.5 Å². The smallest absolute Gasteiger partial charge is 0.148 e. The Hall–Kier alpha value is -1.01. The van der Waals surface area contributed by atoms with E-state index in [1.165, 1.54) is 0 Å². The third kappa shape index (κ3) is 2.86. The van der Waals surface area contributed by atoms with Gasteiger partial charge in [0.15, 0.2) is 0 Å². The first kappa shape index (κ1) is 15.4. The van der Waals surface area contributed by atoms with Crippen LogP contribution in [0.2, 0.25) is 5.02 Å². The number of hydrazine groups is 1. The molecule has 2 rings (SSSR count). The lowest BCUT2D eigenvalue weighted by molar-refractivity contribution is 0.550. The van der Waals surface area contributed by atoms with Crippen LogP contribution in [0.5, 0.6) is 0 Å². The van der Waals surface area contributed by atoms with Crippen molar-refractivity contribution in [2.75, 3.05) is 0 Å². The van der Waals surface area contributed by atoms with Crippen molar-refractivity contribution in [3.8, 4) is 0 Å². The molecule has 3 nitrogen and oxygen atoms in total. The molecule has 0 aliphatic carbocycles. The molecule has 0 saturated heterocycles. The van der Waals surface area contributed by atoms with Gasteiger partial charge in [-0.05, 0) is 40.0 Å². The molecular formula is C14H14BrClFN3. The molecule has 0 aliphatic heterocycles. The highest BCUT2D eigenvalue weighted by Gasteiger charge is 2.22. The minimum absolute atomic E-state index is 0.0386. The molecule has 106 valence electrons. The van der Waals surface area contributed by atoms with Gasteiger partial charge < -0.3 is 0 Å². The van der Waals surface area contributed by atoms with Gasteiger partial charge in [0.1, 0.15) is 5.82 Å². The van der Waals surface area contributed by atoms with Crippen molar-refractivity contribution < 1.29 is 4.39 Å². The Morgan fingerprint density at radius 3 is 2.85 bits per heavy atom. The summed E-state index contributed by atoms with van der Waals surface area (Å²) in [5, 5.41) is 0.0386. The Labute approximate surface area is 130 Å². The van der Waals surface area contributed by atoms with Gasteiger partial charge in [0.2, 0.25) is 0 Å². The van der Waals surface area contributed by atoms with E-state index in [0.717, 1.165) is 12.0 Å². The molecule has 0 saturated carbocycles. The van der Waals surface area contributed by atoms with E-state index in [1.807, 2.05) is 19.1 Å². The van der Waals surface area contributed by atoms with E-state index in [1.54, 1.807) is 18.3 Å². The van der Waals surface area contributed by atoms with Gasteiger partial charge >= 0.3 is 0 Å².